The van der Waals surface area contributed by atoms with E-state index in [1.807, 2.05) is 0 Å². The highest BCUT2D eigenvalue weighted by Gasteiger charge is 2.27. The fraction of sp³-hybridized carbons (Fsp3) is 0.200. The van der Waals surface area contributed by atoms with Crippen LogP contribution in [0.5, 0.6) is 5.75 Å². The molecule has 0 saturated heterocycles. The Morgan fingerprint density at radius 1 is 1.33 bits per heavy atom. The third-order valence-electron chi connectivity index (χ3n) is 1.84. The first-order valence-electron chi connectivity index (χ1n) is 4.16. The van der Waals surface area contributed by atoms with E-state index in [4.69, 9.17) is 0 Å². The molecule has 1 unspecified atom stereocenters. The molecule has 0 amide bonds. The van der Waals surface area contributed by atoms with E-state index in [1.54, 1.807) is 0 Å². The van der Waals surface area contributed by atoms with Gasteiger partial charge in [-0.2, -0.15) is 0 Å². The van der Waals surface area contributed by atoms with Crippen LogP contribution in [0.2, 0.25) is 0 Å². The molecule has 0 heterocycles. The SMILES string of the molecule is COC(=O)C(O)C(=O)c1ccccc1O. The number of ether oxygens (including phenoxy) is 1. The summed E-state index contributed by atoms with van der Waals surface area (Å²) in [6, 6.07) is 5.63. The number of phenolic OH excluding ortho intramolecular Hbond substituents is 1. The molecule has 0 aromatic heterocycles. The highest BCUT2D eigenvalue weighted by atomic mass is 16.5. The van der Waals surface area contributed by atoms with Crippen molar-refractivity contribution in [3.63, 3.8) is 0 Å². The van der Waals surface area contributed by atoms with E-state index in [-0.39, 0.29) is 11.3 Å². The smallest absolute Gasteiger partial charge is 0.342 e. The van der Waals surface area contributed by atoms with Gasteiger partial charge in [-0.25, -0.2) is 4.79 Å². The third-order valence-corrected chi connectivity index (χ3v) is 1.84. The number of ketones is 1. The number of aromatic hydroxyl groups is 1. The number of benzene rings is 1. The minimum atomic E-state index is -1.90. The summed E-state index contributed by atoms with van der Waals surface area (Å²) in [6.07, 6.45) is -1.90. The molecule has 0 radical (unpaired) electrons. The third kappa shape index (κ3) is 2.32. The maximum Gasteiger partial charge on any atom is 0.342 e. The molecule has 1 aromatic carbocycles. The van der Waals surface area contributed by atoms with Gasteiger partial charge >= 0.3 is 5.97 Å². The average Bonchev–Trinajstić information content (AvgIpc) is 2.26. The quantitative estimate of drug-likeness (QED) is 0.420. The summed E-state index contributed by atoms with van der Waals surface area (Å²) in [5, 5.41) is 18.5. The number of aliphatic hydroxyl groups excluding tert-OH is 1. The molecular formula is C10H10O5. The van der Waals surface area contributed by atoms with Crippen LogP contribution in [-0.4, -0.2) is 35.2 Å². The molecule has 5 nitrogen and oxygen atoms in total. The van der Waals surface area contributed by atoms with Crippen molar-refractivity contribution in [3.05, 3.63) is 29.8 Å². The minimum absolute atomic E-state index is 0.115. The molecule has 1 rings (SSSR count). The van der Waals surface area contributed by atoms with Gasteiger partial charge in [-0.3, -0.25) is 4.79 Å². The van der Waals surface area contributed by atoms with Gasteiger partial charge in [0.15, 0.2) is 0 Å². The van der Waals surface area contributed by atoms with Gasteiger partial charge in [-0.15, -0.1) is 0 Å². The van der Waals surface area contributed by atoms with Gasteiger partial charge in [0.25, 0.3) is 0 Å². The van der Waals surface area contributed by atoms with Crippen molar-refractivity contribution in [1.82, 2.24) is 0 Å². The number of para-hydroxylation sites is 1. The van der Waals surface area contributed by atoms with Gasteiger partial charge in [0, 0.05) is 0 Å². The lowest BCUT2D eigenvalue weighted by Crippen LogP contribution is -2.30. The molecule has 0 aliphatic carbocycles. The van der Waals surface area contributed by atoms with Crippen molar-refractivity contribution in [2.24, 2.45) is 0 Å². The van der Waals surface area contributed by atoms with Crippen molar-refractivity contribution in [3.8, 4) is 5.75 Å². The Labute approximate surface area is 85.9 Å². The molecule has 0 aliphatic rings. The Bertz CT molecular complexity index is 385. The van der Waals surface area contributed by atoms with E-state index >= 15 is 0 Å². The number of phenols is 1. The van der Waals surface area contributed by atoms with Crippen molar-refractivity contribution < 1.29 is 24.5 Å². The van der Waals surface area contributed by atoms with Crippen LogP contribution in [0.3, 0.4) is 0 Å². The number of hydrogen-bond acceptors (Lipinski definition) is 5. The number of carbonyl (C=O) groups is 2. The fourth-order valence-electron chi connectivity index (χ4n) is 1.05. The summed E-state index contributed by atoms with van der Waals surface area (Å²) in [5.74, 6) is -2.23. The van der Waals surface area contributed by atoms with Crippen LogP contribution in [0.1, 0.15) is 10.4 Å². The zero-order chi connectivity index (χ0) is 11.4. The van der Waals surface area contributed by atoms with Gasteiger partial charge in [-0.1, -0.05) is 12.1 Å². The summed E-state index contributed by atoms with van der Waals surface area (Å²) < 4.78 is 4.20. The van der Waals surface area contributed by atoms with Gasteiger partial charge in [0.05, 0.1) is 12.7 Å². The first-order valence-corrected chi connectivity index (χ1v) is 4.16. The summed E-state index contributed by atoms with van der Waals surface area (Å²) in [7, 11) is 1.06. The number of aliphatic hydroxyl groups is 1. The Kier molecular flexibility index (Phi) is 3.41. The van der Waals surface area contributed by atoms with Crippen LogP contribution >= 0.6 is 0 Å². The molecule has 0 aliphatic heterocycles. The van der Waals surface area contributed by atoms with Crippen LogP contribution in [0.25, 0.3) is 0 Å². The zero-order valence-electron chi connectivity index (χ0n) is 8.01. The second-order valence-corrected chi connectivity index (χ2v) is 2.81. The largest absolute Gasteiger partial charge is 0.507 e. The number of esters is 1. The second kappa shape index (κ2) is 4.56. The molecule has 1 aromatic rings. The van der Waals surface area contributed by atoms with Crippen molar-refractivity contribution in [2.45, 2.75) is 6.10 Å². The van der Waals surface area contributed by atoms with Crippen LogP contribution < -0.4 is 0 Å². The number of hydrogen-bond donors (Lipinski definition) is 2. The Morgan fingerprint density at radius 2 is 1.93 bits per heavy atom. The van der Waals surface area contributed by atoms with E-state index in [0.717, 1.165) is 7.11 Å². The molecular weight excluding hydrogens is 200 g/mol. The molecule has 0 saturated carbocycles. The fourth-order valence-corrected chi connectivity index (χ4v) is 1.05. The maximum absolute atomic E-state index is 11.5. The number of carbonyl (C=O) groups excluding carboxylic acids is 2. The first-order chi connectivity index (χ1) is 7.07. The molecule has 1 atom stereocenters. The summed E-state index contributed by atoms with van der Waals surface area (Å²) in [6.45, 7) is 0. The molecule has 0 bridgehead atoms. The highest BCUT2D eigenvalue weighted by Crippen LogP contribution is 2.17. The van der Waals surface area contributed by atoms with Crippen LogP contribution in [0, 0.1) is 0 Å². The van der Waals surface area contributed by atoms with E-state index in [9.17, 15) is 19.8 Å². The van der Waals surface area contributed by atoms with Gasteiger partial charge in [-0.05, 0) is 12.1 Å². The standard InChI is InChI=1S/C10H10O5/c1-15-10(14)9(13)8(12)6-4-2-3-5-7(6)11/h2-5,9,11,13H,1H3. The predicted octanol–water partition coefficient (Wildman–Crippen LogP) is 0.109. The number of Topliss-reactive ketones (excluding diaryl/α,β-unsaturated/α-hetero) is 1. The minimum Gasteiger partial charge on any atom is -0.507 e. The van der Waals surface area contributed by atoms with E-state index in [0.29, 0.717) is 0 Å². The van der Waals surface area contributed by atoms with Gasteiger partial charge < -0.3 is 14.9 Å². The van der Waals surface area contributed by atoms with E-state index in [1.165, 1.54) is 24.3 Å². The molecule has 5 heteroatoms. The van der Waals surface area contributed by atoms with Crippen LogP contribution in [0.4, 0.5) is 0 Å². The topological polar surface area (TPSA) is 83.8 Å². The summed E-state index contributed by atoms with van der Waals surface area (Å²) in [4.78, 5) is 22.3. The highest BCUT2D eigenvalue weighted by molar-refractivity contribution is 6.12. The normalized spacial score (nSPS) is 11.9. The number of methoxy groups -OCH3 is 1. The predicted molar refractivity (Wildman–Crippen MR) is 50.5 cm³/mol. The van der Waals surface area contributed by atoms with Gasteiger partial charge in [0.1, 0.15) is 5.75 Å². The zero-order valence-corrected chi connectivity index (χ0v) is 8.01. The Morgan fingerprint density at radius 3 is 2.47 bits per heavy atom. The first kappa shape index (κ1) is 11.2. The lowest BCUT2D eigenvalue weighted by Gasteiger charge is -2.08. The molecule has 15 heavy (non-hydrogen) atoms. The molecule has 0 fully saturated rings. The lowest BCUT2D eigenvalue weighted by molar-refractivity contribution is -0.147. The average molecular weight is 210 g/mol. The van der Waals surface area contributed by atoms with Crippen molar-refractivity contribution in [1.29, 1.82) is 0 Å². The van der Waals surface area contributed by atoms with Crippen molar-refractivity contribution in [2.75, 3.05) is 7.11 Å². The maximum atomic E-state index is 11.5. The monoisotopic (exact) mass is 210 g/mol. The summed E-state index contributed by atoms with van der Waals surface area (Å²) >= 11 is 0. The van der Waals surface area contributed by atoms with Crippen LogP contribution in [-0.2, 0) is 9.53 Å². The van der Waals surface area contributed by atoms with E-state index in [2.05, 4.69) is 4.74 Å². The number of rotatable bonds is 3. The van der Waals surface area contributed by atoms with Crippen LogP contribution in [0.15, 0.2) is 24.3 Å². The molecule has 0 spiro atoms. The van der Waals surface area contributed by atoms with E-state index < -0.39 is 17.9 Å². The van der Waals surface area contributed by atoms with Gasteiger partial charge in [0.2, 0.25) is 11.9 Å². The summed E-state index contributed by atoms with van der Waals surface area (Å²) in [5.41, 5.74) is -0.115. The molecule has 2 N–H and O–H groups in total. The second-order valence-electron chi connectivity index (χ2n) is 2.81. The Hall–Kier alpha value is -1.88. The molecule has 80 valence electrons. The lowest BCUT2D eigenvalue weighted by atomic mass is 10.1. The van der Waals surface area contributed by atoms with Crippen molar-refractivity contribution >= 4 is 11.8 Å². The Balaban J connectivity index is 2.95.